The van der Waals surface area contributed by atoms with Gasteiger partial charge in [-0.1, -0.05) is 62.6 Å². The van der Waals surface area contributed by atoms with Gasteiger partial charge in [0.15, 0.2) is 0 Å². The van der Waals surface area contributed by atoms with E-state index < -0.39 is 23.3 Å². The molecule has 152 valence electrons. The van der Waals surface area contributed by atoms with Crippen LogP contribution in [0.2, 0.25) is 5.02 Å². The van der Waals surface area contributed by atoms with Crippen molar-refractivity contribution in [2.75, 3.05) is 0 Å². The minimum atomic E-state index is -1.28. The molecule has 2 N–H and O–H groups in total. The predicted molar refractivity (Wildman–Crippen MR) is 115 cm³/mol. The average molecular weight is 432 g/mol. The Balaban J connectivity index is 2.11. The Morgan fingerprint density at radius 2 is 2.00 bits per heavy atom. The second-order valence-corrected chi connectivity index (χ2v) is 8.46. The maximum Gasteiger partial charge on any atom is 0.331 e. The molecule has 0 bridgehead atoms. The van der Waals surface area contributed by atoms with Crippen molar-refractivity contribution in [3.8, 4) is 10.6 Å². The van der Waals surface area contributed by atoms with Gasteiger partial charge in [0.2, 0.25) is 0 Å². The number of rotatable bonds is 7. The van der Waals surface area contributed by atoms with Gasteiger partial charge in [0.05, 0.1) is 16.1 Å². The second-order valence-electron chi connectivity index (χ2n) is 7.19. The van der Waals surface area contributed by atoms with E-state index in [-0.39, 0.29) is 5.57 Å². The van der Waals surface area contributed by atoms with Gasteiger partial charge in [0.1, 0.15) is 5.01 Å². The van der Waals surface area contributed by atoms with E-state index in [1.807, 2.05) is 30.5 Å². The molecule has 1 heterocycles. The van der Waals surface area contributed by atoms with Crippen LogP contribution in [0.3, 0.4) is 0 Å². The van der Waals surface area contributed by atoms with Gasteiger partial charge in [0.25, 0.3) is 0 Å². The van der Waals surface area contributed by atoms with Gasteiger partial charge in [-0.25, -0.2) is 9.78 Å². The first-order chi connectivity index (χ1) is 13.8. The fourth-order valence-electron chi connectivity index (χ4n) is 3.69. The number of nitrogens with zero attached hydrogens (tertiary/aromatic N) is 1. The molecule has 1 aliphatic rings. The number of carboxylic acids is 2. The van der Waals surface area contributed by atoms with Crippen molar-refractivity contribution in [3.05, 3.63) is 58.1 Å². The number of hydrogen-bond donors (Lipinski definition) is 2. The van der Waals surface area contributed by atoms with Crippen molar-refractivity contribution in [2.45, 2.75) is 33.1 Å². The summed E-state index contributed by atoms with van der Waals surface area (Å²) in [6, 6.07) is 7.35. The van der Waals surface area contributed by atoms with Crippen molar-refractivity contribution in [3.63, 3.8) is 0 Å². The van der Waals surface area contributed by atoms with Crippen molar-refractivity contribution >= 4 is 40.4 Å². The molecule has 1 aromatic heterocycles. The highest BCUT2D eigenvalue weighted by atomic mass is 35.5. The topological polar surface area (TPSA) is 87.5 Å². The Kier molecular flexibility index (Phi) is 6.24. The number of benzene rings is 1. The van der Waals surface area contributed by atoms with Gasteiger partial charge >= 0.3 is 11.9 Å². The van der Waals surface area contributed by atoms with Crippen LogP contribution in [-0.4, -0.2) is 27.1 Å². The predicted octanol–water partition coefficient (Wildman–Crippen LogP) is 5.77. The van der Waals surface area contributed by atoms with Crippen LogP contribution < -0.4 is 0 Å². The third kappa shape index (κ3) is 4.00. The van der Waals surface area contributed by atoms with E-state index in [9.17, 15) is 19.8 Å². The lowest BCUT2D eigenvalue weighted by Crippen LogP contribution is -2.40. The Bertz CT molecular complexity index is 1010. The van der Waals surface area contributed by atoms with Crippen LogP contribution in [0.5, 0.6) is 0 Å². The molecule has 3 rings (SSSR count). The zero-order chi connectivity index (χ0) is 21.2. The summed E-state index contributed by atoms with van der Waals surface area (Å²) in [5.41, 5.74) is 0.676. The van der Waals surface area contributed by atoms with Crippen LogP contribution in [0.15, 0.2) is 47.4 Å². The number of allylic oxidation sites excluding steroid dienone is 2. The third-order valence-corrected chi connectivity index (χ3v) is 6.66. The Morgan fingerprint density at radius 3 is 2.62 bits per heavy atom. The number of unbranched alkanes of at least 4 members (excludes halogenated alkanes) is 1. The summed E-state index contributed by atoms with van der Waals surface area (Å²) in [5, 5.41) is 22.9. The van der Waals surface area contributed by atoms with Gasteiger partial charge < -0.3 is 10.2 Å². The Labute approximate surface area is 178 Å². The molecular formula is C22H22ClNO4S. The van der Waals surface area contributed by atoms with Gasteiger partial charge in [-0.15, -0.1) is 11.3 Å². The molecule has 0 amide bonds. The fraction of sp³-hybridized carbons (Fsp3) is 0.318. The molecule has 0 saturated heterocycles. The Hall–Kier alpha value is -2.44. The van der Waals surface area contributed by atoms with Crippen molar-refractivity contribution < 1.29 is 19.8 Å². The molecule has 0 fully saturated rings. The maximum atomic E-state index is 12.3. The first-order valence-electron chi connectivity index (χ1n) is 9.42. The molecule has 2 unspecified atom stereocenters. The molecule has 2 aromatic rings. The van der Waals surface area contributed by atoms with E-state index in [1.54, 1.807) is 25.1 Å². The minimum absolute atomic E-state index is 0.0910. The van der Waals surface area contributed by atoms with E-state index in [2.05, 4.69) is 4.98 Å². The van der Waals surface area contributed by atoms with Gasteiger partial charge in [-0.2, -0.15) is 0 Å². The maximum absolute atomic E-state index is 12.3. The van der Waals surface area contributed by atoms with Gasteiger partial charge in [-0.3, -0.25) is 4.79 Å². The van der Waals surface area contributed by atoms with Gasteiger partial charge in [-0.05, 0) is 24.1 Å². The summed E-state index contributed by atoms with van der Waals surface area (Å²) >= 11 is 7.65. The highest BCUT2D eigenvalue weighted by Crippen LogP contribution is 2.46. The monoisotopic (exact) mass is 431 g/mol. The van der Waals surface area contributed by atoms with E-state index in [0.717, 1.165) is 12.0 Å². The largest absolute Gasteiger partial charge is 0.481 e. The number of halogens is 1. The third-order valence-electron chi connectivity index (χ3n) is 5.46. The molecular weight excluding hydrogens is 410 g/mol. The lowest BCUT2D eigenvalue weighted by atomic mass is 9.65. The molecule has 1 aromatic carbocycles. The molecule has 29 heavy (non-hydrogen) atoms. The molecule has 0 aliphatic heterocycles. The zero-order valence-corrected chi connectivity index (χ0v) is 17.8. The molecule has 7 heteroatoms. The summed E-state index contributed by atoms with van der Waals surface area (Å²) < 4.78 is 0. The molecule has 5 nitrogen and oxygen atoms in total. The summed E-state index contributed by atoms with van der Waals surface area (Å²) in [6.07, 6.45) is 5.12. The van der Waals surface area contributed by atoms with E-state index in [4.69, 9.17) is 11.6 Å². The highest BCUT2D eigenvalue weighted by molar-refractivity contribution is 7.13. The summed E-state index contributed by atoms with van der Waals surface area (Å²) in [4.78, 5) is 28.8. The number of carbonyl (C=O) groups is 2. The summed E-state index contributed by atoms with van der Waals surface area (Å²) in [5.74, 6) is -2.76. The minimum Gasteiger partial charge on any atom is -0.481 e. The van der Waals surface area contributed by atoms with Crippen molar-refractivity contribution in [1.82, 2.24) is 4.98 Å². The summed E-state index contributed by atoms with van der Waals surface area (Å²) in [7, 11) is 0. The number of aromatic nitrogens is 1. The molecule has 0 radical (unpaired) electrons. The fourth-order valence-corrected chi connectivity index (χ4v) is 4.83. The van der Waals surface area contributed by atoms with Crippen molar-refractivity contribution in [1.29, 1.82) is 0 Å². The van der Waals surface area contributed by atoms with E-state index in [1.165, 1.54) is 11.3 Å². The van der Waals surface area contributed by atoms with E-state index in [0.29, 0.717) is 34.1 Å². The lowest BCUT2D eigenvalue weighted by molar-refractivity contribution is -0.149. The molecule has 1 aliphatic carbocycles. The van der Waals surface area contributed by atoms with Crippen LogP contribution >= 0.6 is 22.9 Å². The van der Waals surface area contributed by atoms with Crippen LogP contribution in [0.25, 0.3) is 16.1 Å². The SMILES string of the molecule is CCCCC1(C(=O)O)C=C(c2csc(-c3ccccc3Cl)n2)C=C(C(=O)O)C1C. The summed E-state index contributed by atoms with van der Waals surface area (Å²) in [6.45, 7) is 3.66. The second kappa shape index (κ2) is 8.51. The molecule has 0 spiro atoms. The molecule has 0 saturated carbocycles. The van der Waals surface area contributed by atoms with Crippen molar-refractivity contribution in [2.24, 2.45) is 11.3 Å². The number of aliphatic carboxylic acids is 2. The number of hydrogen-bond acceptors (Lipinski definition) is 4. The normalized spacial score (nSPS) is 21.4. The molecule has 2 atom stereocenters. The highest BCUT2D eigenvalue weighted by Gasteiger charge is 2.46. The van der Waals surface area contributed by atoms with Gasteiger partial charge in [0, 0.05) is 22.4 Å². The quantitative estimate of drug-likeness (QED) is 0.581. The average Bonchev–Trinajstić information content (AvgIpc) is 3.17. The van der Waals surface area contributed by atoms with Crippen LogP contribution in [0.4, 0.5) is 0 Å². The van der Waals surface area contributed by atoms with Crippen LogP contribution in [0.1, 0.15) is 38.8 Å². The smallest absolute Gasteiger partial charge is 0.331 e. The number of carboxylic acid groups (broad SMARTS) is 2. The first kappa shape index (κ1) is 21.3. The van der Waals surface area contributed by atoms with Crippen LogP contribution in [0, 0.1) is 11.3 Å². The Morgan fingerprint density at radius 1 is 1.28 bits per heavy atom. The zero-order valence-electron chi connectivity index (χ0n) is 16.2. The van der Waals surface area contributed by atoms with Crippen LogP contribution in [-0.2, 0) is 9.59 Å². The lowest BCUT2D eigenvalue weighted by Gasteiger charge is -2.36. The first-order valence-corrected chi connectivity index (χ1v) is 10.7. The van der Waals surface area contributed by atoms with E-state index >= 15 is 0 Å². The number of thiazole rings is 1. The standard InChI is InChI=1S/C22H22ClNO4S/c1-3-4-9-22(21(27)28)11-14(10-16(13(22)2)20(25)26)18-12-29-19(24-18)15-7-5-6-8-17(15)23/h5-8,10-13H,3-4,9H2,1-2H3,(H,25,26)(H,27,28).